The largest absolute Gasteiger partial charge is 0.494 e. The first kappa shape index (κ1) is 29.1. The molecule has 0 aromatic heterocycles. The van der Waals surface area contributed by atoms with Gasteiger partial charge >= 0.3 is 11.8 Å². The van der Waals surface area contributed by atoms with Crippen LogP contribution in [0, 0.1) is 5.82 Å². The van der Waals surface area contributed by atoms with Gasteiger partial charge in [-0.15, -0.1) is 0 Å². The molecule has 0 aliphatic carbocycles. The van der Waals surface area contributed by atoms with E-state index in [0.717, 1.165) is 6.42 Å². The molecule has 0 bridgehead atoms. The first-order valence-electron chi connectivity index (χ1n) is 11.7. The maximum atomic E-state index is 13.9. The molecule has 3 aromatic rings. The second-order valence-corrected chi connectivity index (χ2v) is 8.81. The summed E-state index contributed by atoms with van der Waals surface area (Å²) in [5, 5.41) is 8.69. The summed E-state index contributed by atoms with van der Waals surface area (Å²) in [6.45, 7) is 2.19. The lowest BCUT2D eigenvalue weighted by atomic mass is 10.2. The van der Waals surface area contributed by atoms with Gasteiger partial charge in [0.1, 0.15) is 11.6 Å². The Morgan fingerprint density at radius 1 is 0.949 bits per heavy atom. The number of carbonyl (C=O) groups is 3. The summed E-state index contributed by atoms with van der Waals surface area (Å²) >= 11 is 3.15. The van der Waals surface area contributed by atoms with Crippen molar-refractivity contribution in [2.75, 3.05) is 31.0 Å². The summed E-state index contributed by atoms with van der Waals surface area (Å²) in [5.74, 6) is -1.79. The molecule has 3 rings (SSSR count). The Kier molecular flexibility index (Phi) is 10.8. The summed E-state index contributed by atoms with van der Waals surface area (Å²) in [6.07, 6.45) is 2.18. The van der Waals surface area contributed by atoms with Crippen molar-refractivity contribution in [3.05, 3.63) is 76.5 Å². The Morgan fingerprint density at radius 2 is 1.72 bits per heavy atom. The summed E-state index contributed by atoms with van der Waals surface area (Å²) in [6, 6.07) is 15.6. The van der Waals surface area contributed by atoms with Gasteiger partial charge in [-0.25, -0.2) is 9.82 Å². The zero-order chi connectivity index (χ0) is 28.2. The number of hydrogen-bond donors (Lipinski definition) is 3. The van der Waals surface area contributed by atoms with Gasteiger partial charge in [0.2, 0.25) is 0 Å². The number of nitrogens with zero attached hydrogens (tertiary/aromatic N) is 1. The Balaban J connectivity index is 1.50. The minimum Gasteiger partial charge on any atom is -0.494 e. The van der Waals surface area contributed by atoms with Crippen molar-refractivity contribution in [2.45, 2.75) is 13.3 Å². The van der Waals surface area contributed by atoms with E-state index in [0.29, 0.717) is 28.1 Å². The van der Waals surface area contributed by atoms with Gasteiger partial charge in [-0.1, -0.05) is 22.9 Å². The van der Waals surface area contributed by atoms with E-state index in [9.17, 15) is 18.8 Å². The van der Waals surface area contributed by atoms with Crippen LogP contribution in [0.5, 0.6) is 17.2 Å². The van der Waals surface area contributed by atoms with E-state index < -0.39 is 23.5 Å². The van der Waals surface area contributed by atoms with Crippen LogP contribution in [0.25, 0.3) is 0 Å². The van der Waals surface area contributed by atoms with Crippen molar-refractivity contribution in [1.82, 2.24) is 5.43 Å². The average Bonchev–Trinajstić information content (AvgIpc) is 2.93. The van der Waals surface area contributed by atoms with Gasteiger partial charge in [0, 0.05) is 10.2 Å². The van der Waals surface area contributed by atoms with Crippen LogP contribution in [0.15, 0.2) is 70.2 Å². The molecule has 0 radical (unpaired) electrons. The number of hydrazone groups is 1. The van der Waals surface area contributed by atoms with Gasteiger partial charge in [0.15, 0.2) is 18.1 Å². The third-order valence-electron chi connectivity index (χ3n) is 4.92. The Bertz CT molecular complexity index is 1350. The molecular weight excluding hydrogens is 575 g/mol. The minimum atomic E-state index is -0.960. The molecule has 10 nitrogen and oxygen atoms in total. The Morgan fingerprint density at radius 3 is 2.41 bits per heavy atom. The van der Waals surface area contributed by atoms with Crippen molar-refractivity contribution in [1.29, 1.82) is 0 Å². The van der Waals surface area contributed by atoms with E-state index in [1.807, 2.05) is 6.92 Å². The number of carbonyl (C=O) groups excluding carboxylic acids is 3. The van der Waals surface area contributed by atoms with Crippen LogP contribution in [-0.2, 0) is 14.4 Å². The molecule has 0 spiro atoms. The molecule has 204 valence electrons. The van der Waals surface area contributed by atoms with Crippen molar-refractivity contribution in [3.63, 3.8) is 0 Å². The first-order chi connectivity index (χ1) is 18.8. The monoisotopic (exact) mass is 600 g/mol. The highest BCUT2D eigenvalue weighted by atomic mass is 79.9. The SMILES string of the molecule is CCCOc1ccc(NC(=O)C(=O)N/N=C\c2ccc(OCC(=O)Nc3ccc(Br)cc3F)c(OC)c2)cc1. The van der Waals surface area contributed by atoms with Crippen LogP contribution in [0.3, 0.4) is 0 Å². The lowest BCUT2D eigenvalue weighted by Crippen LogP contribution is -2.32. The van der Waals surface area contributed by atoms with E-state index in [-0.39, 0.29) is 23.8 Å². The Labute approximate surface area is 232 Å². The number of hydrogen-bond acceptors (Lipinski definition) is 7. The molecule has 0 atom stereocenters. The molecule has 0 aliphatic rings. The highest BCUT2D eigenvalue weighted by Crippen LogP contribution is 2.27. The number of amides is 3. The van der Waals surface area contributed by atoms with Gasteiger partial charge in [-0.3, -0.25) is 14.4 Å². The molecule has 3 N–H and O–H groups in total. The fourth-order valence-corrected chi connectivity index (χ4v) is 3.40. The quantitative estimate of drug-likeness (QED) is 0.169. The average molecular weight is 601 g/mol. The van der Waals surface area contributed by atoms with E-state index in [4.69, 9.17) is 14.2 Å². The highest BCUT2D eigenvalue weighted by Gasteiger charge is 2.14. The maximum Gasteiger partial charge on any atom is 0.329 e. The van der Waals surface area contributed by atoms with Crippen LogP contribution < -0.4 is 30.3 Å². The number of rotatable bonds is 11. The van der Waals surface area contributed by atoms with Crippen LogP contribution >= 0.6 is 15.9 Å². The molecule has 3 aromatic carbocycles. The molecule has 0 saturated heterocycles. The highest BCUT2D eigenvalue weighted by molar-refractivity contribution is 9.10. The lowest BCUT2D eigenvalue weighted by molar-refractivity contribution is -0.136. The summed E-state index contributed by atoms with van der Waals surface area (Å²) in [5.41, 5.74) is 3.12. The van der Waals surface area contributed by atoms with Gasteiger partial charge in [0.25, 0.3) is 5.91 Å². The fraction of sp³-hybridized carbons (Fsp3) is 0.185. The number of anilines is 2. The summed E-state index contributed by atoms with van der Waals surface area (Å²) < 4.78 is 30.7. The van der Waals surface area contributed by atoms with E-state index in [1.54, 1.807) is 42.5 Å². The van der Waals surface area contributed by atoms with Gasteiger partial charge in [0.05, 0.1) is 25.6 Å². The summed E-state index contributed by atoms with van der Waals surface area (Å²) in [4.78, 5) is 36.3. The van der Waals surface area contributed by atoms with Crippen LogP contribution in [0.4, 0.5) is 15.8 Å². The number of methoxy groups -OCH3 is 1. The smallest absolute Gasteiger partial charge is 0.329 e. The zero-order valence-electron chi connectivity index (χ0n) is 21.1. The Hall–Kier alpha value is -4.45. The molecule has 0 unspecified atom stereocenters. The molecule has 12 heteroatoms. The van der Waals surface area contributed by atoms with Gasteiger partial charge in [-0.2, -0.15) is 5.10 Å². The first-order valence-corrected chi connectivity index (χ1v) is 12.5. The zero-order valence-corrected chi connectivity index (χ0v) is 22.7. The molecule has 0 aliphatic heterocycles. The third kappa shape index (κ3) is 9.11. The number of benzene rings is 3. The topological polar surface area (TPSA) is 127 Å². The lowest BCUT2D eigenvalue weighted by Gasteiger charge is -2.12. The third-order valence-corrected chi connectivity index (χ3v) is 5.42. The van der Waals surface area contributed by atoms with Crippen LogP contribution in [0.2, 0.25) is 0 Å². The van der Waals surface area contributed by atoms with Crippen molar-refractivity contribution < 1.29 is 33.0 Å². The fourth-order valence-electron chi connectivity index (χ4n) is 3.06. The minimum absolute atomic E-state index is 0.0240. The molecule has 3 amide bonds. The standard InChI is InChI=1S/C27H26BrFN4O6/c1-3-12-38-20-8-6-19(7-9-20)31-26(35)27(36)33-30-15-17-4-11-23(24(13-17)37-2)39-16-25(34)32-22-10-5-18(28)14-21(22)29/h4-11,13-15H,3,12,16H2,1-2H3,(H,31,35)(H,32,34)(H,33,36)/b30-15-. The summed E-state index contributed by atoms with van der Waals surface area (Å²) in [7, 11) is 1.41. The molecule has 0 fully saturated rings. The van der Waals surface area contributed by atoms with Gasteiger partial charge in [-0.05, 0) is 72.6 Å². The van der Waals surface area contributed by atoms with Gasteiger partial charge < -0.3 is 24.8 Å². The molecule has 0 saturated carbocycles. The second kappa shape index (κ2) is 14.5. The van der Waals surface area contributed by atoms with Crippen molar-refractivity contribution in [3.8, 4) is 17.2 Å². The molecule has 0 heterocycles. The molecular formula is C27H26BrFN4O6. The van der Waals surface area contributed by atoms with E-state index in [2.05, 4.69) is 37.1 Å². The second-order valence-electron chi connectivity index (χ2n) is 7.90. The van der Waals surface area contributed by atoms with Crippen molar-refractivity contribution >= 4 is 51.2 Å². The van der Waals surface area contributed by atoms with E-state index in [1.165, 1.54) is 31.5 Å². The van der Waals surface area contributed by atoms with Crippen LogP contribution in [0.1, 0.15) is 18.9 Å². The normalized spacial score (nSPS) is 10.6. The predicted octanol–water partition coefficient (Wildman–Crippen LogP) is 4.49. The number of ether oxygens (including phenoxy) is 3. The van der Waals surface area contributed by atoms with Crippen LogP contribution in [-0.4, -0.2) is 44.3 Å². The number of nitrogens with one attached hydrogen (secondary N) is 3. The van der Waals surface area contributed by atoms with E-state index >= 15 is 0 Å². The predicted molar refractivity (Wildman–Crippen MR) is 148 cm³/mol. The van der Waals surface area contributed by atoms with Crippen molar-refractivity contribution in [2.24, 2.45) is 5.10 Å². The number of halogens is 2. The maximum absolute atomic E-state index is 13.9. The molecule has 39 heavy (non-hydrogen) atoms.